The van der Waals surface area contributed by atoms with E-state index in [1.54, 1.807) is 12.4 Å². The van der Waals surface area contributed by atoms with Crippen LogP contribution < -0.4 is 15.5 Å². The van der Waals surface area contributed by atoms with Crippen molar-refractivity contribution in [3.8, 4) is 0 Å². The van der Waals surface area contributed by atoms with Crippen molar-refractivity contribution < 1.29 is 4.79 Å². The first-order valence-corrected chi connectivity index (χ1v) is 6.25. The van der Waals surface area contributed by atoms with Crippen molar-refractivity contribution >= 4 is 17.3 Å². The zero-order valence-electron chi connectivity index (χ0n) is 11.1. The Bertz CT molecular complexity index is 433. The normalized spacial score (nSPS) is 22.8. The van der Waals surface area contributed by atoms with Gasteiger partial charge in [0, 0.05) is 20.3 Å². The minimum atomic E-state index is -0.0970. The Hall–Kier alpha value is -1.62. The first-order chi connectivity index (χ1) is 8.59. The van der Waals surface area contributed by atoms with E-state index in [1.807, 2.05) is 25.1 Å². The van der Waals surface area contributed by atoms with Gasteiger partial charge < -0.3 is 15.5 Å². The van der Waals surface area contributed by atoms with Crippen LogP contribution >= 0.6 is 0 Å². The Morgan fingerprint density at radius 1 is 1.56 bits per heavy atom. The van der Waals surface area contributed by atoms with Crippen molar-refractivity contribution in [3.05, 3.63) is 18.5 Å². The van der Waals surface area contributed by atoms with Gasteiger partial charge in [0.2, 0.25) is 5.91 Å². The Morgan fingerprint density at radius 3 is 2.94 bits per heavy atom. The maximum absolute atomic E-state index is 12.2. The summed E-state index contributed by atoms with van der Waals surface area (Å²) < 4.78 is 0. The molecular formula is C13H20N4O. The van der Waals surface area contributed by atoms with E-state index in [1.165, 1.54) is 0 Å². The lowest BCUT2D eigenvalue weighted by Crippen LogP contribution is -2.39. The highest BCUT2D eigenvalue weighted by Gasteiger charge is 2.29. The summed E-state index contributed by atoms with van der Waals surface area (Å²) in [6.07, 6.45) is 4.46. The molecule has 1 fully saturated rings. The zero-order valence-corrected chi connectivity index (χ0v) is 11.1. The number of pyridine rings is 1. The van der Waals surface area contributed by atoms with Crippen LogP contribution in [0.4, 0.5) is 11.4 Å². The predicted octanol–water partition coefficient (Wildman–Crippen LogP) is 1.08. The van der Waals surface area contributed by atoms with Gasteiger partial charge in [-0.25, -0.2) is 0 Å². The van der Waals surface area contributed by atoms with Crippen LogP contribution in [0.25, 0.3) is 0 Å². The number of nitrogens with zero attached hydrogens (tertiary/aromatic N) is 2. The molecule has 2 atom stereocenters. The van der Waals surface area contributed by atoms with Crippen molar-refractivity contribution in [3.63, 3.8) is 0 Å². The maximum atomic E-state index is 12.2. The number of anilines is 2. The van der Waals surface area contributed by atoms with Gasteiger partial charge in [-0.1, -0.05) is 6.92 Å². The van der Waals surface area contributed by atoms with Crippen LogP contribution in [-0.2, 0) is 4.79 Å². The molecule has 1 aliphatic rings. The summed E-state index contributed by atoms with van der Waals surface area (Å²) in [7, 11) is 3.89. The van der Waals surface area contributed by atoms with E-state index in [0.717, 1.165) is 24.3 Å². The topological polar surface area (TPSA) is 57.3 Å². The molecule has 5 nitrogen and oxygen atoms in total. The number of carbonyl (C=O) groups excluding carboxylic acids is 1. The van der Waals surface area contributed by atoms with Gasteiger partial charge in [-0.15, -0.1) is 0 Å². The molecule has 1 saturated heterocycles. The minimum Gasteiger partial charge on any atom is -0.376 e. The second-order valence-corrected chi connectivity index (χ2v) is 4.97. The van der Waals surface area contributed by atoms with Crippen LogP contribution in [0.15, 0.2) is 18.5 Å². The van der Waals surface area contributed by atoms with Crippen LogP contribution in [0.5, 0.6) is 0 Å². The summed E-state index contributed by atoms with van der Waals surface area (Å²) >= 11 is 0. The standard InChI is InChI=1S/C13H20N4O/c1-9-4-7-15-12(9)13(18)16-10-8-14-6-5-11(10)17(2)3/h5-6,8-9,12,15H,4,7H2,1-3H3,(H,16,18). The Labute approximate surface area is 108 Å². The van der Waals surface area contributed by atoms with E-state index >= 15 is 0 Å². The molecule has 18 heavy (non-hydrogen) atoms. The number of hydrogen-bond donors (Lipinski definition) is 2. The minimum absolute atomic E-state index is 0.0242. The SMILES string of the molecule is CC1CCNC1C(=O)Nc1cnccc1N(C)C. The van der Waals surface area contributed by atoms with Crippen LogP contribution in [0.2, 0.25) is 0 Å². The van der Waals surface area contributed by atoms with E-state index < -0.39 is 0 Å². The van der Waals surface area contributed by atoms with Crippen molar-refractivity contribution in [2.45, 2.75) is 19.4 Å². The van der Waals surface area contributed by atoms with E-state index in [4.69, 9.17) is 0 Å². The van der Waals surface area contributed by atoms with Gasteiger partial charge in [-0.3, -0.25) is 9.78 Å². The molecule has 1 aromatic heterocycles. The molecule has 0 aliphatic carbocycles. The van der Waals surface area contributed by atoms with Crippen molar-refractivity contribution in [2.24, 2.45) is 5.92 Å². The summed E-state index contributed by atoms with van der Waals surface area (Å²) in [5.41, 5.74) is 1.72. The lowest BCUT2D eigenvalue weighted by Gasteiger charge is -2.20. The van der Waals surface area contributed by atoms with Crippen LogP contribution in [0, 0.1) is 5.92 Å². The quantitative estimate of drug-likeness (QED) is 0.840. The molecule has 1 amide bonds. The Kier molecular flexibility index (Phi) is 3.81. The van der Waals surface area contributed by atoms with E-state index in [-0.39, 0.29) is 11.9 Å². The fourth-order valence-electron chi connectivity index (χ4n) is 2.27. The highest BCUT2D eigenvalue weighted by atomic mass is 16.2. The van der Waals surface area contributed by atoms with Crippen molar-refractivity contribution in [1.82, 2.24) is 10.3 Å². The van der Waals surface area contributed by atoms with E-state index in [9.17, 15) is 4.79 Å². The number of nitrogens with one attached hydrogen (secondary N) is 2. The predicted molar refractivity (Wildman–Crippen MR) is 72.8 cm³/mol. The van der Waals surface area contributed by atoms with E-state index in [2.05, 4.69) is 22.5 Å². The number of aromatic nitrogens is 1. The number of rotatable bonds is 3. The third-order valence-electron chi connectivity index (χ3n) is 3.35. The largest absolute Gasteiger partial charge is 0.376 e. The monoisotopic (exact) mass is 248 g/mol. The molecule has 2 heterocycles. The molecule has 98 valence electrons. The molecule has 1 aliphatic heterocycles. The summed E-state index contributed by atoms with van der Waals surface area (Å²) in [5, 5.41) is 6.19. The first kappa shape index (κ1) is 12.8. The van der Waals surface area contributed by atoms with Crippen molar-refractivity contribution in [1.29, 1.82) is 0 Å². The summed E-state index contributed by atoms with van der Waals surface area (Å²) in [5.74, 6) is 0.403. The Balaban J connectivity index is 2.11. The molecule has 5 heteroatoms. The molecule has 2 rings (SSSR count). The lowest BCUT2D eigenvalue weighted by molar-refractivity contribution is -0.118. The third kappa shape index (κ3) is 2.61. The van der Waals surface area contributed by atoms with Crippen LogP contribution in [-0.4, -0.2) is 37.6 Å². The number of hydrogen-bond acceptors (Lipinski definition) is 4. The number of carbonyl (C=O) groups is 1. The van der Waals surface area contributed by atoms with Crippen LogP contribution in [0.1, 0.15) is 13.3 Å². The average molecular weight is 248 g/mol. The summed E-state index contributed by atoms with van der Waals surface area (Å²) in [6, 6.07) is 1.79. The average Bonchev–Trinajstić information content (AvgIpc) is 2.76. The zero-order chi connectivity index (χ0) is 13.1. The van der Waals surface area contributed by atoms with Gasteiger partial charge >= 0.3 is 0 Å². The van der Waals surface area contributed by atoms with Gasteiger partial charge in [0.05, 0.1) is 23.6 Å². The highest BCUT2D eigenvalue weighted by molar-refractivity contribution is 5.97. The molecule has 2 N–H and O–H groups in total. The molecule has 0 aromatic carbocycles. The summed E-state index contributed by atoms with van der Waals surface area (Å²) in [6.45, 7) is 3.01. The van der Waals surface area contributed by atoms with E-state index in [0.29, 0.717) is 5.92 Å². The Morgan fingerprint density at radius 2 is 2.33 bits per heavy atom. The third-order valence-corrected chi connectivity index (χ3v) is 3.35. The summed E-state index contributed by atoms with van der Waals surface area (Å²) in [4.78, 5) is 18.2. The molecule has 2 unspecified atom stereocenters. The molecule has 0 saturated carbocycles. The molecule has 0 spiro atoms. The highest BCUT2D eigenvalue weighted by Crippen LogP contribution is 2.23. The lowest BCUT2D eigenvalue weighted by atomic mass is 10.0. The second-order valence-electron chi connectivity index (χ2n) is 4.97. The van der Waals surface area contributed by atoms with Gasteiger partial charge in [0.15, 0.2) is 0 Å². The van der Waals surface area contributed by atoms with Gasteiger partial charge in [0.25, 0.3) is 0 Å². The second kappa shape index (κ2) is 5.35. The van der Waals surface area contributed by atoms with Gasteiger partial charge in [-0.05, 0) is 24.9 Å². The molecule has 1 aromatic rings. The van der Waals surface area contributed by atoms with Crippen molar-refractivity contribution in [2.75, 3.05) is 30.9 Å². The molecule has 0 bridgehead atoms. The maximum Gasteiger partial charge on any atom is 0.241 e. The number of amides is 1. The fourth-order valence-corrected chi connectivity index (χ4v) is 2.27. The molecular weight excluding hydrogens is 228 g/mol. The van der Waals surface area contributed by atoms with Gasteiger partial charge in [0.1, 0.15) is 0 Å². The fraction of sp³-hybridized carbons (Fsp3) is 0.538. The molecule has 0 radical (unpaired) electrons. The first-order valence-electron chi connectivity index (χ1n) is 6.25. The van der Waals surface area contributed by atoms with Crippen LogP contribution in [0.3, 0.4) is 0 Å². The van der Waals surface area contributed by atoms with Gasteiger partial charge in [-0.2, -0.15) is 0 Å². The smallest absolute Gasteiger partial charge is 0.241 e.